The maximum Gasteiger partial charge on any atom is 0.318 e. The molecule has 0 radical (unpaired) electrons. The Bertz CT molecular complexity index is 1340. The average Bonchev–Trinajstić information content (AvgIpc) is 2.84. The summed E-state index contributed by atoms with van der Waals surface area (Å²) in [5.41, 5.74) is 3.97. The van der Waals surface area contributed by atoms with Gasteiger partial charge in [0, 0.05) is 6.07 Å². The van der Waals surface area contributed by atoms with Crippen molar-refractivity contribution in [3.05, 3.63) is 91.5 Å². The van der Waals surface area contributed by atoms with Crippen LogP contribution in [0.25, 0.3) is 0 Å². The second-order valence-corrected chi connectivity index (χ2v) is 7.81. The Balaban J connectivity index is 1.69. The van der Waals surface area contributed by atoms with Crippen LogP contribution in [0.5, 0.6) is 23.0 Å². The average molecular weight is 508 g/mol. The van der Waals surface area contributed by atoms with Gasteiger partial charge in [0.15, 0.2) is 18.1 Å². The standard InChI is InChI=1S/C25H24N4O8/c1-4-35-24-12-18(14-26-27-25(30)15-36-20-10-16(2)9-17(3)11-20)5-7-23(24)37-22-8-6-19(28(31)32)13-21(22)29(33)34/h5-14H,4,15H2,1-3H3,(H,27,30). The molecule has 0 aliphatic carbocycles. The highest BCUT2D eigenvalue weighted by Crippen LogP contribution is 2.38. The van der Waals surface area contributed by atoms with Crippen LogP contribution in [0, 0.1) is 34.1 Å². The van der Waals surface area contributed by atoms with E-state index in [2.05, 4.69) is 10.5 Å². The number of ether oxygens (including phenoxy) is 3. The van der Waals surface area contributed by atoms with E-state index in [4.69, 9.17) is 14.2 Å². The number of carbonyl (C=O) groups is 1. The molecule has 12 nitrogen and oxygen atoms in total. The molecule has 0 atom stereocenters. The van der Waals surface area contributed by atoms with E-state index >= 15 is 0 Å². The van der Waals surface area contributed by atoms with Crippen molar-refractivity contribution in [1.29, 1.82) is 0 Å². The monoisotopic (exact) mass is 508 g/mol. The van der Waals surface area contributed by atoms with E-state index in [1.807, 2.05) is 32.0 Å². The van der Waals surface area contributed by atoms with E-state index in [0.29, 0.717) is 11.3 Å². The van der Waals surface area contributed by atoms with Gasteiger partial charge >= 0.3 is 5.69 Å². The summed E-state index contributed by atoms with van der Waals surface area (Å²) in [4.78, 5) is 32.9. The summed E-state index contributed by atoms with van der Waals surface area (Å²) in [6.07, 6.45) is 1.38. The summed E-state index contributed by atoms with van der Waals surface area (Å²) >= 11 is 0. The molecule has 12 heteroatoms. The molecule has 0 aliphatic heterocycles. The summed E-state index contributed by atoms with van der Waals surface area (Å²) in [7, 11) is 0. The number of nitrogens with zero attached hydrogens (tertiary/aromatic N) is 3. The number of aryl methyl sites for hydroxylation is 2. The molecule has 0 saturated carbocycles. The van der Waals surface area contributed by atoms with E-state index in [1.54, 1.807) is 19.1 Å². The van der Waals surface area contributed by atoms with Crippen molar-refractivity contribution in [3.63, 3.8) is 0 Å². The van der Waals surface area contributed by atoms with Crippen molar-refractivity contribution in [2.75, 3.05) is 13.2 Å². The number of amides is 1. The molecule has 0 heterocycles. The Kier molecular flexibility index (Phi) is 8.71. The van der Waals surface area contributed by atoms with Crippen LogP contribution in [0.1, 0.15) is 23.6 Å². The van der Waals surface area contributed by atoms with E-state index in [0.717, 1.165) is 29.3 Å². The minimum Gasteiger partial charge on any atom is -0.490 e. The quantitative estimate of drug-likeness (QED) is 0.219. The van der Waals surface area contributed by atoms with Crippen LogP contribution >= 0.6 is 0 Å². The molecular formula is C25H24N4O8. The van der Waals surface area contributed by atoms with Crippen molar-refractivity contribution >= 4 is 23.5 Å². The van der Waals surface area contributed by atoms with Crippen molar-refractivity contribution in [3.8, 4) is 23.0 Å². The normalized spacial score (nSPS) is 10.7. The maximum absolute atomic E-state index is 12.1. The third kappa shape index (κ3) is 7.49. The number of rotatable bonds is 11. The molecule has 3 aromatic rings. The van der Waals surface area contributed by atoms with Crippen LogP contribution in [-0.4, -0.2) is 35.2 Å². The Morgan fingerprint density at radius 3 is 2.27 bits per heavy atom. The Morgan fingerprint density at radius 1 is 0.919 bits per heavy atom. The SMILES string of the molecule is CCOc1cc(C=NNC(=O)COc2cc(C)cc(C)c2)ccc1Oc1ccc([N+](=O)[O-])cc1[N+](=O)[O-]. The number of benzene rings is 3. The van der Waals surface area contributed by atoms with Crippen molar-refractivity contribution in [2.45, 2.75) is 20.8 Å². The Hall–Kier alpha value is -5.00. The smallest absolute Gasteiger partial charge is 0.318 e. The van der Waals surface area contributed by atoms with Crippen LogP contribution in [0.2, 0.25) is 0 Å². The molecular weight excluding hydrogens is 484 g/mol. The first kappa shape index (κ1) is 26.6. The first-order valence-corrected chi connectivity index (χ1v) is 11.1. The molecule has 3 rings (SSSR count). The molecule has 0 spiro atoms. The number of nitrogens with one attached hydrogen (secondary N) is 1. The van der Waals surface area contributed by atoms with Crippen molar-refractivity contribution < 1.29 is 28.9 Å². The fraction of sp³-hybridized carbons (Fsp3) is 0.200. The molecule has 192 valence electrons. The van der Waals surface area contributed by atoms with E-state index in [9.17, 15) is 25.0 Å². The molecule has 37 heavy (non-hydrogen) atoms. The highest BCUT2D eigenvalue weighted by Gasteiger charge is 2.22. The molecule has 1 N–H and O–H groups in total. The maximum atomic E-state index is 12.1. The first-order valence-electron chi connectivity index (χ1n) is 11.1. The first-order chi connectivity index (χ1) is 17.7. The topological polar surface area (TPSA) is 155 Å². The Morgan fingerprint density at radius 2 is 1.62 bits per heavy atom. The van der Waals surface area contributed by atoms with Gasteiger partial charge in [-0.05, 0) is 73.9 Å². The van der Waals surface area contributed by atoms with Crippen molar-refractivity contribution in [2.24, 2.45) is 5.10 Å². The zero-order valence-electron chi connectivity index (χ0n) is 20.3. The number of non-ortho nitro benzene ring substituents is 1. The lowest BCUT2D eigenvalue weighted by molar-refractivity contribution is -0.394. The van der Waals surface area contributed by atoms with Crippen LogP contribution in [0.4, 0.5) is 11.4 Å². The van der Waals surface area contributed by atoms with E-state index in [-0.39, 0.29) is 30.5 Å². The fourth-order valence-electron chi connectivity index (χ4n) is 3.30. The number of nitro groups is 2. The van der Waals surface area contributed by atoms with Gasteiger partial charge in [-0.1, -0.05) is 6.07 Å². The van der Waals surface area contributed by atoms with Gasteiger partial charge < -0.3 is 14.2 Å². The van der Waals surface area contributed by atoms with E-state index in [1.165, 1.54) is 12.3 Å². The summed E-state index contributed by atoms with van der Waals surface area (Å²) in [6.45, 7) is 5.67. The lowest BCUT2D eigenvalue weighted by Crippen LogP contribution is -2.24. The van der Waals surface area contributed by atoms with Gasteiger partial charge in [0.2, 0.25) is 5.75 Å². The van der Waals surface area contributed by atoms with Crippen LogP contribution in [-0.2, 0) is 4.79 Å². The second kappa shape index (κ2) is 12.1. The number of hydrogen-bond acceptors (Lipinski definition) is 9. The van der Waals surface area contributed by atoms with Gasteiger partial charge in [-0.3, -0.25) is 25.0 Å². The third-order valence-electron chi connectivity index (χ3n) is 4.81. The highest BCUT2D eigenvalue weighted by molar-refractivity contribution is 5.83. The number of hydrogen-bond donors (Lipinski definition) is 1. The summed E-state index contributed by atoms with van der Waals surface area (Å²) in [5.74, 6) is 0.354. The second-order valence-electron chi connectivity index (χ2n) is 7.81. The molecule has 0 unspecified atom stereocenters. The lowest BCUT2D eigenvalue weighted by Gasteiger charge is -2.12. The lowest BCUT2D eigenvalue weighted by atomic mass is 10.1. The summed E-state index contributed by atoms with van der Waals surface area (Å²) in [5, 5.41) is 26.3. The number of carbonyl (C=O) groups excluding carboxylic acids is 1. The molecule has 0 aromatic heterocycles. The number of nitro benzene ring substituents is 2. The molecule has 1 amide bonds. The predicted octanol–water partition coefficient (Wildman–Crippen LogP) is 4.84. The zero-order valence-corrected chi connectivity index (χ0v) is 20.3. The van der Waals surface area contributed by atoms with Gasteiger partial charge in [-0.2, -0.15) is 5.10 Å². The van der Waals surface area contributed by atoms with Gasteiger partial charge in [0.05, 0.1) is 28.7 Å². The largest absolute Gasteiger partial charge is 0.490 e. The molecule has 3 aromatic carbocycles. The van der Waals surface area contributed by atoms with E-state index < -0.39 is 27.1 Å². The summed E-state index contributed by atoms with van der Waals surface area (Å²) < 4.78 is 16.7. The molecule has 0 aliphatic rings. The van der Waals surface area contributed by atoms with Crippen molar-refractivity contribution in [1.82, 2.24) is 5.43 Å². The third-order valence-corrected chi connectivity index (χ3v) is 4.81. The highest BCUT2D eigenvalue weighted by atomic mass is 16.6. The van der Waals surface area contributed by atoms with Crippen LogP contribution in [0.15, 0.2) is 59.7 Å². The zero-order chi connectivity index (χ0) is 26.9. The Labute approximate surface area is 211 Å². The fourth-order valence-corrected chi connectivity index (χ4v) is 3.30. The number of hydrazone groups is 1. The predicted molar refractivity (Wildman–Crippen MR) is 135 cm³/mol. The summed E-state index contributed by atoms with van der Waals surface area (Å²) in [6, 6.07) is 13.4. The van der Waals surface area contributed by atoms with Gasteiger partial charge in [0.25, 0.3) is 11.6 Å². The van der Waals surface area contributed by atoms with Gasteiger partial charge in [-0.15, -0.1) is 0 Å². The van der Waals surface area contributed by atoms with Gasteiger partial charge in [-0.25, -0.2) is 5.43 Å². The van der Waals surface area contributed by atoms with Crippen LogP contribution in [0.3, 0.4) is 0 Å². The molecule has 0 saturated heterocycles. The molecule has 0 fully saturated rings. The van der Waals surface area contributed by atoms with Crippen LogP contribution < -0.4 is 19.6 Å². The minimum absolute atomic E-state index is 0.154. The minimum atomic E-state index is -0.768. The molecule has 0 bridgehead atoms. The van der Waals surface area contributed by atoms with Gasteiger partial charge in [0.1, 0.15) is 5.75 Å².